The third-order valence-electron chi connectivity index (χ3n) is 4.71. The Balaban J connectivity index is 0.00000225. The van der Waals surface area contributed by atoms with Gasteiger partial charge in [0.05, 0.1) is 18.3 Å². The summed E-state index contributed by atoms with van der Waals surface area (Å²) in [6, 6.07) is 7.81. The first-order chi connectivity index (χ1) is 11.7. The molecule has 1 aliphatic rings. The summed E-state index contributed by atoms with van der Waals surface area (Å²) in [5.74, 6) is 0.298. The van der Waals surface area contributed by atoms with Crippen LogP contribution in [-0.4, -0.2) is 28.3 Å². The van der Waals surface area contributed by atoms with E-state index in [2.05, 4.69) is 10.4 Å². The molecule has 1 amide bonds. The molecule has 7 heteroatoms. The van der Waals surface area contributed by atoms with Gasteiger partial charge in [-0.15, -0.1) is 12.4 Å². The topological polar surface area (TPSA) is 72.9 Å². The summed E-state index contributed by atoms with van der Waals surface area (Å²) < 4.78 is 1.73. The molecule has 0 spiro atoms. The molecular weight excluding hydrogens is 359 g/mol. The van der Waals surface area contributed by atoms with Gasteiger partial charge in [-0.2, -0.15) is 5.10 Å². The van der Waals surface area contributed by atoms with Gasteiger partial charge in [0.25, 0.3) is 5.91 Å². The number of nitrogens with two attached hydrogens (primary N) is 1. The molecule has 1 heterocycles. The van der Waals surface area contributed by atoms with Gasteiger partial charge >= 0.3 is 0 Å². The maximum Gasteiger partial charge on any atom is 0.254 e. The van der Waals surface area contributed by atoms with Crippen LogP contribution < -0.4 is 11.1 Å². The van der Waals surface area contributed by atoms with Gasteiger partial charge in [-0.05, 0) is 36.9 Å². The van der Waals surface area contributed by atoms with Crippen molar-refractivity contribution >= 4 is 29.9 Å². The van der Waals surface area contributed by atoms with Crippen molar-refractivity contribution in [3.8, 4) is 0 Å². The Morgan fingerprint density at radius 1 is 1.32 bits per heavy atom. The van der Waals surface area contributed by atoms with Crippen molar-refractivity contribution in [3.05, 3.63) is 52.8 Å². The third kappa shape index (κ3) is 4.97. The van der Waals surface area contributed by atoms with Crippen LogP contribution in [0.1, 0.15) is 41.6 Å². The highest BCUT2D eigenvalue weighted by molar-refractivity contribution is 6.31. The lowest BCUT2D eigenvalue weighted by Gasteiger charge is -2.31. The van der Waals surface area contributed by atoms with Gasteiger partial charge in [-0.1, -0.05) is 42.6 Å². The van der Waals surface area contributed by atoms with Crippen LogP contribution in [0.25, 0.3) is 0 Å². The van der Waals surface area contributed by atoms with Gasteiger partial charge in [0.2, 0.25) is 0 Å². The number of hydrogen-bond acceptors (Lipinski definition) is 3. The maximum atomic E-state index is 12.5. The van der Waals surface area contributed by atoms with E-state index in [-0.39, 0.29) is 24.4 Å². The fourth-order valence-corrected chi connectivity index (χ4v) is 3.50. The lowest BCUT2D eigenvalue weighted by molar-refractivity contribution is 0.0908. The predicted octanol–water partition coefficient (Wildman–Crippen LogP) is 3.25. The zero-order chi connectivity index (χ0) is 16.9. The predicted molar refractivity (Wildman–Crippen MR) is 102 cm³/mol. The van der Waals surface area contributed by atoms with Gasteiger partial charge < -0.3 is 11.1 Å². The highest BCUT2D eigenvalue weighted by Crippen LogP contribution is 2.24. The first kappa shape index (κ1) is 19.8. The van der Waals surface area contributed by atoms with E-state index in [1.54, 1.807) is 17.1 Å². The van der Waals surface area contributed by atoms with Crippen molar-refractivity contribution in [2.24, 2.45) is 11.7 Å². The third-order valence-corrected chi connectivity index (χ3v) is 5.08. The SMILES string of the molecule is Cl.NCC1CCCCC1NC(=O)c1cnn(Cc2ccccc2Cl)c1. The Hall–Kier alpha value is -1.56. The number of nitrogens with one attached hydrogen (secondary N) is 1. The molecule has 5 nitrogen and oxygen atoms in total. The molecule has 25 heavy (non-hydrogen) atoms. The molecule has 1 aromatic heterocycles. The highest BCUT2D eigenvalue weighted by atomic mass is 35.5. The summed E-state index contributed by atoms with van der Waals surface area (Å²) in [5, 5.41) is 8.11. The molecular formula is C18H24Cl2N4O. The summed E-state index contributed by atoms with van der Waals surface area (Å²) in [7, 11) is 0. The average Bonchev–Trinajstić information content (AvgIpc) is 3.06. The fourth-order valence-electron chi connectivity index (χ4n) is 3.30. The van der Waals surface area contributed by atoms with Crippen LogP contribution in [0.4, 0.5) is 0 Å². The molecule has 0 aliphatic heterocycles. The molecule has 2 aromatic rings. The second kappa shape index (κ2) is 9.22. The molecule has 2 unspecified atom stereocenters. The van der Waals surface area contributed by atoms with Crippen molar-refractivity contribution < 1.29 is 4.79 Å². The molecule has 136 valence electrons. The van der Waals surface area contributed by atoms with E-state index >= 15 is 0 Å². The van der Waals surface area contributed by atoms with Crippen LogP contribution in [0, 0.1) is 5.92 Å². The lowest BCUT2D eigenvalue weighted by atomic mass is 9.84. The normalized spacial score (nSPS) is 19.9. The second-order valence-electron chi connectivity index (χ2n) is 6.38. The first-order valence-corrected chi connectivity index (χ1v) is 8.82. The van der Waals surface area contributed by atoms with Crippen LogP contribution in [0.3, 0.4) is 0 Å². The smallest absolute Gasteiger partial charge is 0.254 e. The average molecular weight is 383 g/mol. The zero-order valence-corrected chi connectivity index (χ0v) is 15.6. The van der Waals surface area contributed by atoms with Crippen LogP contribution in [-0.2, 0) is 6.54 Å². The van der Waals surface area contributed by atoms with Crippen molar-refractivity contribution in [1.29, 1.82) is 0 Å². The zero-order valence-electron chi connectivity index (χ0n) is 14.0. The minimum absolute atomic E-state index is 0. The Kier molecular flexibility index (Phi) is 7.29. The van der Waals surface area contributed by atoms with Gasteiger partial charge in [-0.3, -0.25) is 9.48 Å². The summed E-state index contributed by atoms with van der Waals surface area (Å²) in [6.45, 7) is 1.17. The van der Waals surface area contributed by atoms with E-state index in [0.29, 0.717) is 29.6 Å². The van der Waals surface area contributed by atoms with Crippen LogP contribution in [0.15, 0.2) is 36.7 Å². The van der Waals surface area contributed by atoms with E-state index < -0.39 is 0 Å². The van der Waals surface area contributed by atoms with E-state index in [0.717, 1.165) is 24.8 Å². The number of benzene rings is 1. The second-order valence-corrected chi connectivity index (χ2v) is 6.79. The van der Waals surface area contributed by atoms with E-state index in [1.165, 1.54) is 6.42 Å². The number of rotatable bonds is 5. The minimum atomic E-state index is -0.0780. The van der Waals surface area contributed by atoms with Gasteiger partial charge in [0, 0.05) is 17.3 Å². The lowest BCUT2D eigenvalue weighted by Crippen LogP contribution is -2.44. The summed E-state index contributed by atoms with van der Waals surface area (Å²) >= 11 is 6.17. The quantitative estimate of drug-likeness (QED) is 0.833. The number of nitrogens with zero attached hydrogens (tertiary/aromatic N) is 2. The number of halogens is 2. The molecule has 0 saturated heterocycles. The molecule has 1 saturated carbocycles. The summed E-state index contributed by atoms with van der Waals surface area (Å²) in [4.78, 5) is 12.5. The molecule has 0 bridgehead atoms. The number of hydrogen-bond donors (Lipinski definition) is 2. The van der Waals surface area contributed by atoms with Crippen LogP contribution in [0.5, 0.6) is 0 Å². The Labute approximate surface area is 159 Å². The standard InChI is InChI=1S/C18H23ClN4O.ClH/c19-16-7-3-1-6-14(16)11-23-12-15(10-21-23)18(24)22-17-8-4-2-5-13(17)9-20;/h1,3,6-7,10,12-13,17H,2,4-5,8-9,11,20H2,(H,22,24);1H. The van der Waals surface area contributed by atoms with Crippen molar-refractivity contribution in [1.82, 2.24) is 15.1 Å². The summed E-state index contributed by atoms with van der Waals surface area (Å²) in [5.41, 5.74) is 7.38. The maximum absolute atomic E-state index is 12.5. The first-order valence-electron chi connectivity index (χ1n) is 8.44. The molecule has 1 aliphatic carbocycles. The highest BCUT2D eigenvalue weighted by Gasteiger charge is 2.26. The fraction of sp³-hybridized carbons (Fsp3) is 0.444. The van der Waals surface area contributed by atoms with Gasteiger partial charge in [-0.25, -0.2) is 0 Å². The van der Waals surface area contributed by atoms with Crippen LogP contribution >= 0.6 is 24.0 Å². The largest absolute Gasteiger partial charge is 0.349 e. The van der Waals surface area contributed by atoms with E-state index in [4.69, 9.17) is 17.3 Å². The van der Waals surface area contributed by atoms with Gasteiger partial charge in [0.15, 0.2) is 0 Å². The Bertz CT molecular complexity index is 704. The molecule has 1 fully saturated rings. The Morgan fingerprint density at radius 2 is 2.08 bits per heavy atom. The van der Waals surface area contributed by atoms with Crippen LogP contribution in [0.2, 0.25) is 5.02 Å². The molecule has 0 radical (unpaired) electrons. The summed E-state index contributed by atoms with van der Waals surface area (Å²) in [6.07, 6.45) is 7.80. The number of amides is 1. The van der Waals surface area contributed by atoms with E-state index in [1.807, 2.05) is 24.3 Å². The van der Waals surface area contributed by atoms with Crippen molar-refractivity contribution in [2.75, 3.05) is 6.54 Å². The minimum Gasteiger partial charge on any atom is -0.349 e. The molecule has 3 N–H and O–H groups in total. The van der Waals surface area contributed by atoms with Crippen molar-refractivity contribution in [3.63, 3.8) is 0 Å². The van der Waals surface area contributed by atoms with E-state index in [9.17, 15) is 4.79 Å². The number of carbonyl (C=O) groups excluding carboxylic acids is 1. The van der Waals surface area contributed by atoms with Gasteiger partial charge in [0.1, 0.15) is 0 Å². The Morgan fingerprint density at radius 3 is 2.84 bits per heavy atom. The van der Waals surface area contributed by atoms with Crippen molar-refractivity contribution in [2.45, 2.75) is 38.3 Å². The number of carbonyl (C=O) groups is 1. The molecule has 2 atom stereocenters. The molecule has 1 aromatic carbocycles. The number of aromatic nitrogens is 2. The monoisotopic (exact) mass is 382 g/mol. The molecule has 3 rings (SSSR count).